The van der Waals surface area contributed by atoms with Crippen LogP contribution in [-0.2, 0) is 0 Å². The lowest BCUT2D eigenvalue weighted by atomic mass is 9.97. The lowest BCUT2D eigenvalue weighted by molar-refractivity contribution is 0.215. The van der Waals surface area contributed by atoms with E-state index in [4.69, 9.17) is 4.74 Å². The summed E-state index contributed by atoms with van der Waals surface area (Å²) >= 11 is 0. The van der Waals surface area contributed by atoms with Crippen LogP contribution in [-0.4, -0.2) is 59.2 Å². The van der Waals surface area contributed by atoms with Crippen molar-refractivity contribution in [3.05, 3.63) is 85.3 Å². The summed E-state index contributed by atoms with van der Waals surface area (Å²) < 4.78 is 5.67. The molecular formula is C29H26N6O2. The number of carbonyl (C=O) groups is 1. The minimum Gasteiger partial charge on any atom is -0.408 e. The zero-order valence-electron chi connectivity index (χ0n) is 20.5. The first-order valence-corrected chi connectivity index (χ1v) is 12.3. The van der Waals surface area contributed by atoms with E-state index in [1.165, 1.54) is 0 Å². The van der Waals surface area contributed by atoms with Crippen molar-refractivity contribution in [1.29, 1.82) is 0 Å². The van der Waals surface area contributed by atoms with Crippen LogP contribution >= 0.6 is 0 Å². The van der Waals surface area contributed by atoms with Gasteiger partial charge in [-0.05, 0) is 47.6 Å². The smallest absolute Gasteiger partial charge is 0.408 e. The maximum atomic E-state index is 12.8. The van der Waals surface area contributed by atoms with Crippen LogP contribution in [0.15, 0.2) is 85.3 Å². The molecule has 1 aliphatic heterocycles. The van der Waals surface area contributed by atoms with Gasteiger partial charge in [-0.3, -0.25) is 10.3 Å². The Hall–Kier alpha value is -4.56. The standard InChI is InChI=1S/C29H26N6O2/c1-34-15-17-35(18-16-34)26-12-9-21(19-32-26)33-29(36)37-25-11-10-24(27-28(25)31-14-13-30-27)23-8-4-6-20-5-2-3-7-22(20)23/h2-14,19H,15-18H2,1H3,(H,33,36). The van der Waals surface area contributed by atoms with Crippen molar-refractivity contribution in [2.24, 2.45) is 0 Å². The molecule has 1 aliphatic rings. The number of aromatic nitrogens is 3. The van der Waals surface area contributed by atoms with Crippen molar-refractivity contribution in [2.75, 3.05) is 43.4 Å². The molecule has 0 spiro atoms. The molecule has 1 saturated heterocycles. The summed E-state index contributed by atoms with van der Waals surface area (Å²) in [6, 6.07) is 21.8. The van der Waals surface area contributed by atoms with E-state index in [1.807, 2.05) is 36.4 Å². The fraction of sp³-hybridized carbons (Fsp3) is 0.172. The minimum atomic E-state index is -0.612. The van der Waals surface area contributed by atoms with Crippen molar-refractivity contribution in [3.8, 4) is 16.9 Å². The van der Waals surface area contributed by atoms with Crippen LogP contribution in [0, 0.1) is 0 Å². The van der Waals surface area contributed by atoms with Crippen LogP contribution in [0.4, 0.5) is 16.3 Å². The lowest BCUT2D eigenvalue weighted by Crippen LogP contribution is -2.44. The molecule has 0 radical (unpaired) electrons. The number of hydrogen-bond acceptors (Lipinski definition) is 7. The minimum absolute atomic E-state index is 0.339. The normalized spacial score (nSPS) is 14.1. The van der Waals surface area contributed by atoms with Gasteiger partial charge < -0.3 is 14.5 Å². The molecular weight excluding hydrogens is 464 g/mol. The first-order valence-electron chi connectivity index (χ1n) is 12.3. The van der Waals surface area contributed by atoms with Crippen molar-refractivity contribution >= 4 is 39.4 Å². The van der Waals surface area contributed by atoms with Gasteiger partial charge in [0.1, 0.15) is 16.9 Å². The molecule has 2 aromatic heterocycles. The van der Waals surface area contributed by atoms with Gasteiger partial charge in [-0.25, -0.2) is 14.8 Å². The number of anilines is 2. The van der Waals surface area contributed by atoms with Crippen LogP contribution in [0.5, 0.6) is 5.75 Å². The van der Waals surface area contributed by atoms with Crippen LogP contribution < -0.4 is 15.0 Å². The summed E-state index contributed by atoms with van der Waals surface area (Å²) in [5, 5.41) is 5.03. The number of nitrogens with one attached hydrogen (secondary N) is 1. The highest BCUT2D eigenvalue weighted by Gasteiger charge is 2.17. The van der Waals surface area contributed by atoms with Crippen LogP contribution in [0.3, 0.4) is 0 Å². The third-order valence-corrected chi connectivity index (χ3v) is 6.69. The molecule has 0 aliphatic carbocycles. The Kier molecular flexibility index (Phi) is 6.08. The van der Waals surface area contributed by atoms with Gasteiger partial charge in [0.25, 0.3) is 0 Å². The molecule has 184 valence electrons. The molecule has 3 aromatic carbocycles. The third-order valence-electron chi connectivity index (χ3n) is 6.69. The monoisotopic (exact) mass is 490 g/mol. The number of fused-ring (bicyclic) bond motifs is 2. The van der Waals surface area contributed by atoms with E-state index >= 15 is 0 Å². The average molecular weight is 491 g/mol. The zero-order valence-corrected chi connectivity index (χ0v) is 20.5. The van der Waals surface area contributed by atoms with E-state index < -0.39 is 6.09 Å². The van der Waals surface area contributed by atoms with Gasteiger partial charge in [-0.1, -0.05) is 42.5 Å². The molecule has 6 rings (SSSR count). The first-order chi connectivity index (χ1) is 18.2. The summed E-state index contributed by atoms with van der Waals surface area (Å²) in [7, 11) is 2.12. The molecule has 3 heterocycles. The SMILES string of the molecule is CN1CCN(c2ccc(NC(=O)Oc3ccc(-c4cccc5ccccc45)c4nccnc34)cn2)CC1. The predicted molar refractivity (Wildman–Crippen MR) is 146 cm³/mol. The molecule has 0 bridgehead atoms. The van der Waals surface area contributed by atoms with Crippen LogP contribution in [0.1, 0.15) is 0 Å². The molecule has 1 fully saturated rings. The fourth-order valence-corrected chi connectivity index (χ4v) is 4.72. The highest BCUT2D eigenvalue weighted by Crippen LogP contribution is 2.35. The number of amides is 1. The van der Waals surface area contributed by atoms with Crippen LogP contribution in [0.25, 0.3) is 32.9 Å². The van der Waals surface area contributed by atoms with Crippen molar-refractivity contribution in [2.45, 2.75) is 0 Å². The van der Waals surface area contributed by atoms with Gasteiger partial charge in [0.05, 0.1) is 11.9 Å². The van der Waals surface area contributed by atoms with Gasteiger partial charge in [-0.15, -0.1) is 0 Å². The van der Waals surface area contributed by atoms with Crippen LogP contribution in [0.2, 0.25) is 0 Å². The van der Waals surface area contributed by atoms with Gasteiger partial charge in [0.2, 0.25) is 0 Å². The molecule has 1 amide bonds. The maximum Gasteiger partial charge on any atom is 0.417 e. The fourth-order valence-electron chi connectivity index (χ4n) is 4.72. The second-order valence-corrected chi connectivity index (χ2v) is 9.10. The third kappa shape index (κ3) is 4.66. The summed E-state index contributed by atoms with van der Waals surface area (Å²) in [6.45, 7) is 3.87. The second-order valence-electron chi connectivity index (χ2n) is 9.10. The summed E-state index contributed by atoms with van der Waals surface area (Å²) in [5.41, 5.74) is 3.72. The highest BCUT2D eigenvalue weighted by molar-refractivity contribution is 6.04. The molecule has 37 heavy (non-hydrogen) atoms. The van der Waals surface area contributed by atoms with Gasteiger partial charge >= 0.3 is 6.09 Å². The quantitative estimate of drug-likeness (QED) is 0.370. The average Bonchev–Trinajstić information content (AvgIpc) is 2.94. The van der Waals surface area contributed by atoms with Crippen molar-refractivity contribution in [3.63, 3.8) is 0 Å². The Morgan fingerprint density at radius 2 is 1.59 bits per heavy atom. The van der Waals surface area contributed by atoms with Gasteiger partial charge in [-0.2, -0.15) is 0 Å². The first kappa shape index (κ1) is 22.9. The summed E-state index contributed by atoms with van der Waals surface area (Å²) in [6.07, 6.45) is 4.28. The molecule has 0 atom stereocenters. The van der Waals surface area contributed by atoms with Crippen molar-refractivity contribution in [1.82, 2.24) is 19.9 Å². The summed E-state index contributed by atoms with van der Waals surface area (Å²) in [5.74, 6) is 1.24. The molecule has 1 N–H and O–H groups in total. The summed E-state index contributed by atoms with van der Waals surface area (Å²) in [4.78, 5) is 30.9. The van der Waals surface area contributed by atoms with E-state index in [2.05, 4.69) is 61.4 Å². The number of likely N-dealkylation sites (N-methyl/N-ethyl adjacent to an activating group) is 1. The molecule has 5 aromatic rings. The number of pyridine rings is 1. The number of benzene rings is 3. The predicted octanol–water partition coefficient (Wildman–Crippen LogP) is 5.21. The maximum absolute atomic E-state index is 12.8. The Morgan fingerprint density at radius 1 is 0.811 bits per heavy atom. The number of carbonyl (C=O) groups excluding carboxylic acids is 1. The van der Waals surface area contributed by atoms with Crippen molar-refractivity contribution < 1.29 is 9.53 Å². The van der Waals surface area contributed by atoms with E-state index in [0.717, 1.165) is 53.9 Å². The van der Waals surface area contributed by atoms with E-state index in [1.54, 1.807) is 24.7 Å². The topological polar surface area (TPSA) is 83.5 Å². The lowest BCUT2D eigenvalue weighted by Gasteiger charge is -2.33. The number of rotatable bonds is 4. The number of hydrogen-bond donors (Lipinski definition) is 1. The molecule has 8 nitrogen and oxygen atoms in total. The second kappa shape index (κ2) is 9.83. The Balaban J connectivity index is 1.23. The highest BCUT2D eigenvalue weighted by atomic mass is 16.6. The van der Waals surface area contributed by atoms with E-state index in [9.17, 15) is 4.79 Å². The molecule has 0 saturated carbocycles. The number of nitrogens with zero attached hydrogens (tertiary/aromatic N) is 5. The zero-order chi connectivity index (χ0) is 25.2. The van der Waals surface area contributed by atoms with E-state index in [-0.39, 0.29) is 0 Å². The Bertz CT molecular complexity index is 1570. The van der Waals surface area contributed by atoms with E-state index in [0.29, 0.717) is 22.5 Å². The molecule has 0 unspecified atom stereocenters. The number of ether oxygens (including phenoxy) is 1. The Labute approximate surface area is 214 Å². The largest absolute Gasteiger partial charge is 0.417 e. The Morgan fingerprint density at radius 3 is 2.41 bits per heavy atom. The van der Waals surface area contributed by atoms with Gasteiger partial charge in [0.15, 0.2) is 5.75 Å². The van der Waals surface area contributed by atoms with Gasteiger partial charge in [0, 0.05) is 44.1 Å². The number of piperazine rings is 1. The molecule has 8 heteroatoms.